The fourth-order valence-corrected chi connectivity index (χ4v) is 1.73. The zero-order chi connectivity index (χ0) is 14.4. The van der Waals surface area contributed by atoms with E-state index in [-0.39, 0.29) is 5.92 Å². The summed E-state index contributed by atoms with van der Waals surface area (Å²) < 4.78 is 5.25. The van der Waals surface area contributed by atoms with Crippen LogP contribution < -0.4 is 5.32 Å². The van der Waals surface area contributed by atoms with Crippen LogP contribution in [0.5, 0.6) is 0 Å². The first-order chi connectivity index (χ1) is 8.97. The first-order valence-electron chi connectivity index (χ1n) is 6.19. The van der Waals surface area contributed by atoms with Gasteiger partial charge in [0.2, 0.25) is 0 Å². The van der Waals surface area contributed by atoms with Crippen molar-refractivity contribution in [2.24, 2.45) is 0 Å². The quantitative estimate of drug-likeness (QED) is 0.742. The molecule has 1 unspecified atom stereocenters. The molecule has 0 spiro atoms. The zero-order valence-corrected chi connectivity index (χ0v) is 11.2. The molecule has 1 aromatic rings. The van der Waals surface area contributed by atoms with Crippen molar-refractivity contribution < 1.29 is 19.1 Å². The van der Waals surface area contributed by atoms with E-state index in [2.05, 4.69) is 11.9 Å². The molecule has 0 aliphatic heterocycles. The summed E-state index contributed by atoms with van der Waals surface area (Å²) in [6.07, 6.45) is 3.91. The van der Waals surface area contributed by atoms with Crippen LogP contribution in [0.4, 0.5) is 0 Å². The third-order valence-corrected chi connectivity index (χ3v) is 2.73. The molecule has 5 nitrogen and oxygen atoms in total. The summed E-state index contributed by atoms with van der Waals surface area (Å²) in [5, 5.41) is 11.6. The second-order valence-electron chi connectivity index (χ2n) is 4.58. The lowest BCUT2D eigenvalue weighted by Crippen LogP contribution is -2.40. The van der Waals surface area contributed by atoms with Crippen molar-refractivity contribution in [1.29, 1.82) is 0 Å². The highest BCUT2D eigenvalue weighted by Crippen LogP contribution is 2.20. The van der Waals surface area contributed by atoms with Gasteiger partial charge in [-0.1, -0.05) is 19.9 Å². The van der Waals surface area contributed by atoms with Gasteiger partial charge in [0.1, 0.15) is 11.8 Å². The van der Waals surface area contributed by atoms with Crippen molar-refractivity contribution in [3.63, 3.8) is 0 Å². The van der Waals surface area contributed by atoms with E-state index in [1.807, 2.05) is 13.8 Å². The highest BCUT2D eigenvalue weighted by atomic mass is 16.4. The molecular weight excluding hydrogens is 246 g/mol. The third kappa shape index (κ3) is 3.98. The van der Waals surface area contributed by atoms with Crippen molar-refractivity contribution in [3.8, 4) is 0 Å². The highest BCUT2D eigenvalue weighted by molar-refractivity contribution is 5.97. The minimum absolute atomic E-state index is 0.0622. The molecule has 0 aliphatic carbocycles. The van der Waals surface area contributed by atoms with Crippen LogP contribution in [0.3, 0.4) is 0 Å². The number of hydrogen-bond acceptors (Lipinski definition) is 3. The van der Waals surface area contributed by atoms with Crippen LogP contribution in [0.1, 0.15) is 48.7 Å². The summed E-state index contributed by atoms with van der Waals surface area (Å²) in [7, 11) is 0. The Labute approximate surface area is 112 Å². The average Bonchev–Trinajstić information content (AvgIpc) is 2.83. The number of aliphatic carboxylic acids is 1. The normalized spacial score (nSPS) is 12.2. The number of amides is 1. The number of carboxylic acids is 1. The maximum atomic E-state index is 12.0. The highest BCUT2D eigenvalue weighted by Gasteiger charge is 2.23. The van der Waals surface area contributed by atoms with E-state index in [4.69, 9.17) is 9.52 Å². The number of nitrogens with one attached hydrogen (secondary N) is 1. The van der Waals surface area contributed by atoms with Crippen molar-refractivity contribution in [1.82, 2.24) is 5.32 Å². The van der Waals surface area contributed by atoms with Gasteiger partial charge in [0.15, 0.2) is 0 Å². The molecule has 2 N–H and O–H groups in total. The molecule has 1 amide bonds. The van der Waals surface area contributed by atoms with Crippen LogP contribution in [-0.2, 0) is 4.79 Å². The van der Waals surface area contributed by atoms with E-state index in [1.165, 1.54) is 6.26 Å². The molecule has 19 heavy (non-hydrogen) atoms. The largest absolute Gasteiger partial charge is 0.480 e. The SMILES string of the molecule is C=CCCC(NC(=O)c1ccoc1C(C)C)C(=O)O. The van der Waals surface area contributed by atoms with Gasteiger partial charge in [-0.15, -0.1) is 6.58 Å². The molecule has 0 saturated carbocycles. The van der Waals surface area contributed by atoms with Gasteiger partial charge in [0, 0.05) is 5.92 Å². The van der Waals surface area contributed by atoms with Gasteiger partial charge in [-0.2, -0.15) is 0 Å². The van der Waals surface area contributed by atoms with Crippen molar-refractivity contribution >= 4 is 11.9 Å². The topological polar surface area (TPSA) is 79.5 Å². The molecule has 1 aromatic heterocycles. The number of carboxylic acid groups (broad SMARTS) is 1. The molecule has 1 heterocycles. The van der Waals surface area contributed by atoms with Crippen LogP contribution in [0.15, 0.2) is 29.4 Å². The van der Waals surface area contributed by atoms with Gasteiger partial charge in [-0.25, -0.2) is 4.79 Å². The predicted molar refractivity (Wildman–Crippen MR) is 71.1 cm³/mol. The van der Waals surface area contributed by atoms with Gasteiger partial charge < -0.3 is 14.8 Å². The second-order valence-corrected chi connectivity index (χ2v) is 4.58. The van der Waals surface area contributed by atoms with Crippen molar-refractivity contribution in [2.45, 2.75) is 38.6 Å². The molecule has 0 bridgehead atoms. The van der Waals surface area contributed by atoms with Crippen LogP contribution >= 0.6 is 0 Å². The number of carbonyl (C=O) groups is 2. The lowest BCUT2D eigenvalue weighted by atomic mass is 10.1. The zero-order valence-electron chi connectivity index (χ0n) is 11.2. The Hall–Kier alpha value is -2.04. The van der Waals surface area contributed by atoms with E-state index in [0.29, 0.717) is 24.2 Å². The molecule has 0 radical (unpaired) electrons. The lowest BCUT2D eigenvalue weighted by Gasteiger charge is -2.14. The summed E-state index contributed by atoms with van der Waals surface area (Å²) >= 11 is 0. The predicted octanol–water partition coefficient (Wildman–Crippen LogP) is 2.55. The maximum absolute atomic E-state index is 12.0. The summed E-state index contributed by atoms with van der Waals surface area (Å²) in [6.45, 7) is 7.35. The standard InChI is InChI=1S/C14H19NO4/c1-4-5-6-11(14(17)18)15-13(16)10-7-8-19-12(10)9(2)3/h4,7-9,11H,1,5-6H2,2-3H3,(H,15,16)(H,17,18). The van der Waals surface area contributed by atoms with Gasteiger partial charge in [-0.3, -0.25) is 4.79 Å². The first kappa shape index (κ1) is 15.0. The van der Waals surface area contributed by atoms with Gasteiger partial charge in [-0.05, 0) is 18.9 Å². The number of rotatable bonds is 7. The molecule has 104 valence electrons. The Balaban J connectivity index is 2.78. The minimum atomic E-state index is -1.05. The summed E-state index contributed by atoms with van der Waals surface area (Å²) in [4.78, 5) is 23.1. The van der Waals surface area contributed by atoms with Gasteiger partial charge >= 0.3 is 5.97 Å². The number of carbonyl (C=O) groups excluding carboxylic acids is 1. The van der Waals surface area contributed by atoms with E-state index in [0.717, 1.165) is 0 Å². The number of hydrogen-bond donors (Lipinski definition) is 2. The van der Waals surface area contributed by atoms with E-state index in [1.54, 1.807) is 12.1 Å². The average molecular weight is 265 g/mol. The third-order valence-electron chi connectivity index (χ3n) is 2.73. The van der Waals surface area contributed by atoms with E-state index >= 15 is 0 Å². The van der Waals surface area contributed by atoms with Crippen LogP contribution in [0.25, 0.3) is 0 Å². The molecule has 5 heteroatoms. The number of furan rings is 1. The maximum Gasteiger partial charge on any atom is 0.326 e. The second kappa shape index (κ2) is 6.78. The number of allylic oxidation sites excluding steroid dienone is 1. The molecule has 0 aromatic carbocycles. The lowest BCUT2D eigenvalue weighted by molar-refractivity contribution is -0.139. The van der Waals surface area contributed by atoms with E-state index in [9.17, 15) is 9.59 Å². The van der Waals surface area contributed by atoms with Crippen LogP contribution in [-0.4, -0.2) is 23.0 Å². The Kier molecular flexibility index (Phi) is 5.36. The van der Waals surface area contributed by atoms with Gasteiger partial charge in [0.25, 0.3) is 5.91 Å². The first-order valence-corrected chi connectivity index (χ1v) is 6.19. The molecule has 0 saturated heterocycles. The minimum Gasteiger partial charge on any atom is -0.480 e. The Bertz CT molecular complexity index is 462. The summed E-state index contributed by atoms with van der Waals surface area (Å²) in [5.74, 6) is -0.851. The van der Waals surface area contributed by atoms with Crippen LogP contribution in [0, 0.1) is 0 Å². The Morgan fingerprint density at radius 3 is 2.74 bits per heavy atom. The summed E-state index contributed by atoms with van der Waals surface area (Å²) in [5.41, 5.74) is 0.389. The fraction of sp³-hybridized carbons (Fsp3) is 0.429. The molecule has 1 atom stereocenters. The van der Waals surface area contributed by atoms with E-state index < -0.39 is 17.9 Å². The van der Waals surface area contributed by atoms with Gasteiger partial charge in [0.05, 0.1) is 11.8 Å². The fourth-order valence-electron chi connectivity index (χ4n) is 1.73. The molecular formula is C14H19NO4. The Morgan fingerprint density at radius 1 is 1.53 bits per heavy atom. The van der Waals surface area contributed by atoms with Crippen LogP contribution in [0.2, 0.25) is 0 Å². The Morgan fingerprint density at radius 2 is 2.21 bits per heavy atom. The molecule has 0 aliphatic rings. The van der Waals surface area contributed by atoms with Crippen molar-refractivity contribution in [2.75, 3.05) is 0 Å². The molecule has 0 fully saturated rings. The molecule has 1 rings (SSSR count). The monoisotopic (exact) mass is 265 g/mol. The smallest absolute Gasteiger partial charge is 0.326 e. The van der Waals surface area contributed by atoms with Crippen molar-refractivity contribution in [3.05, 3.63) is 36.3 Å². The summed E-state index contributed by atoms with van der Waals surface area (Å²) in [6, 6.07) is 0.636.